The Kier molecular flexibility index (Phi) is 6.72. The third-order valence-electron chi connectivity index (χ3n) is 2.53. The summed E-state index contributed by atoms with van der Waals surface area (Å²) < 4.78 is 0. The SMILES string of the molecule is CC.CNC(=O)NC1(C=O)CCCN(C)C1. The molecule has 1 unspecified atom stereocenters. The maximum atomic E-state index is 11.2. The second-order valence-corrected chi connectivity index (χ2v) is 3.82. The molecule has 0 spiro atoms. The van der Waals surface area contributed by atoms with Crippen LogP contribution in [-0.2, 0) is 4.79 Å². The largest absolute Gasteiger partial charge is 0.341 e. The Morgan fingerprint density at radius 2 is 2.06 bits per heavy atom. The lowest BCUT2D eigenvalue weighted by atomic mass is 9.91. The van der Waals surface area contributed by atoms with Gasteiger partial charge in [0.1, 0.15) is 11.8 Å². The van der Waals surface area contributed by atoms with Gasteiger partial charge in [-0.15, -0.1) is 0 Å². The summed E-state index contributed by atoms with van der Waals surface area (Å²) in [5.41, 5.74) is -0.701. The van der Waals surface area contributed by atoms with Gasteiger partial charge in [0.05, 0.1) is 0 Å². The van der Waals surface area contributed by atoms with Crippen LogP contribution in [0.15, 0.2) is 0 Å². The van der Waals surface area contributed by atoms with Gasteiger partial charge in [-0.25, -0.2) is 4.79 Å². The third kappa shape index (κ3) is 4.18. The Bertz CT molecular complexity index is 233. The van der Waals surface area contributed by atoms with Crippen LogP contribution < -0.4 is 10.6 Å². The number of hydrogen-bond acceptors (Lipinski definition) is 3. The number of likely N-dealkylation sites (tertiary alicyclic amines) is 1. The van der Waals surface area contributed by atoms with Gasteiger partial charge in [0.25, 0.3) is 0 Å². The second kappa shape index (κ2) is 7.22. The fraction of sp³-hybridized carbons (Fsp3) is 0.818. The van der Waals surface area contributed by atoms with Crippen molar-refractivity contribution >= 4 is 12.3 Å². The topological polar surface area (TPSA) is 61.4 Å². The first-order chi connectivity index (χ1) is 7.62. The van der Waals surface area contributed by atoms with Crippen molar-refractivity contribution < 1.29 is 9.59 Å². The molecule has 1 atom stereocenters. The van der Waals surface area contributed by atoms with Crippen molar-refractivity contribution in [1.29, 1.82) is 0 Å². The first-order valence-electron chi connectivity index (χ1n) is 5.77. The van der Waals surface area contributed by atoms with E-state index in [1.54, 1.807) is 7.05 Å². The number of hydrogen-bond donors (Lipinski definition) is 2. The maximum absolute atomic E-state index is 11.2. The molecule has 0 radical (unpaired) electrons. The summed E-state index contributed by atoms with van der Waals surface area (Å²) in [4.78, 5) is 24.2. The van der Waals surface area contributed by atoms with Crippen molar-refractivity contribution in [3.63, 3.8) is 0 Å². The van der Waals surface area contributed by atoms with Gasteiger partial charge in [-0.05, 0) is 26.4 Å². The molecule has 0 bridgehead atoms. The molecule has 94 valence electrons. The molecule has 5 nitrogen and oxygen atoms in total. The van der Waals surface area contributed by atoms with Crippen LogP contribution in [0.25, 0.3) is 0 Å². The van der Waals surface area contributed by atoms with E-state index in [2.05, 4.69) is 10.6 Å². The van der Waals surface area contributed by atoms with Crippen molar-refractivity contribution in [2.45, 2.75) is 32.2 Å². The number of likely N-dealkylation sites (N-methyl/N-ethyl adjacent to an activating group) is 1. The van der Waals surface area contributed by atoms with Crippen LogP contribution in [-0.4, -0.2) is 49.9 Å². The van der Waals surface area contributed by atoms with Crippen LogP contribution in [0.3, 0.4) is 0 Å². The van der Waals surface area contributed by atoms with Crippen LogP contribution in [0.4, 0.5) is 4.79 Å². The molecule has 0 aromatic heterocycles. The number of nitrogens with zero attached hydrogens (tertiary/aromatic N) is 1. The van der Waals surface area contributed by atoms with E-state index in [9.17, 15) is 9.59 Å². The molecule has 16 heavy (non-hydrogen) atoms. The molecule has 1 heterocycles. The van der Waals surface area contributed by atoms with E-state index in [-0.39, 0.29) is 6.03 Å². The van der Waals surface area contributed by atoms with Gasteiger partial charge in [0, 0.05) is 13.6 Å². The molecule has 1 rings (SSSR count). The Labute approximate surface area is 97.6 Å². The summed E-state index contributed by atoms with van der Waals surface area (Å²) in [5, 5.41) is 5.16. The smallest absolute Gasteiger partial charge is 0.315 e. The molecule has 2 amide bonds. The maximum Gasteiger partial charge on any atom is 0.315 e. The third-order valence-corrected chi connectivity index (χ3v) is 2.53. The Balaban J connectivity index is 0.00000106. The van der Waals surface area contributed by atoms with Crippen LogP contribution in [0.2, 0.25) is 0 Å². The van der Waals surface area contributed by atoms with Crippen LogP contribution in [0.1, 0.15) is 26.7 Å². The molecule has 2 N–H and O–H groups in total. The molecular formula is C11H23N3O2. The lowest BCUT2D eigenvalue weighted by Crippen LogP contribution is -2.60. The van der Waals surface area contributed by atoms with Gasteiger partial charge in [0.2, 0.25) is 0 Å². The van der Waals surface area contributed by atoms with Gasteiger partial charge < -0.3 is 20.3 Å². The Morgan fingerprint density at radius 1 is 1.44 bits per heavy atom. The highest BCUT2D eigenvalue weighted by Gasteiger charge is 2.35. The number of carbonyl (C=O) groups is 2. The Morgan fingerprint density at radius 3 is 2.50 bits per heavy atom. The van der Waals surface area contributed by atoms with Gasteiger partial charge in [-0.2, -0.15) is 0 Å². The molecule has 1 fully saturated rings. The van der Waals surface area contributed by atoms with Crippen molar-refractivity contribution in [1.82, 2.24) is 15.5 Å². The molecule has 0 aromatic rings. The van der Waals surface area contributed by atoms with Gasteiger partial charge >= 0.3 is 6.03 Å². The summed E-state index contributed by atoms with van der Waals surface area (Å²) in [6.45, 7) is 5.56. The number of piperidine rings is 1. The number of nitrogens with one attached hydrogen (secondary N) is 2. The van der Waals surface area contributed by atoms with Crippen molar-refractivity contribution in [2.24, 2.45) is 0 Å². The number of urea groups is 1. The zero-order chi connectivity index (χ0) is 12.6. The van der Waals surface area contributed by atoms with E-state index in [1.807, 2.05) is 25.8 Å². The predicted octanol–water partition coefficient (Wildman–Crippen LogP) is 0.605. The highest BCUT2D eigenvalue weighted by molar-refractivity contribution is 5.80. The summed E-state index contributed by atoms with van der Waals surface area (Å²) in [5.74, 6) is 0. The van der Waals surface area contributed by atoms with Crippen LogP contribution in [0.5, 0.6) is 0 Å². The summed E-state index contributed by atoms with van der Waals surface area (Å²) >= 11 is 0. The first kappa shape index (κ1) is 14.9. The minimum Gasteiger partial charge on any atom is -0.341 e. The van der Waals surface area contributed by atoms with E-state index in [0.29, 0.717) is 13.0 Å². The molecule has 1 saturated heterocycles. The van der Waals surface area contributed by atoms with Crippen molar-refractivity contribution in [3.8, 4) is 0 Å². The molecule has 0 aliphatic carbocycles. The number of amides is 2. The van der Waals surface area contributed by atoms with E-state index >= 15 is 0 Å². The average Bonchev–Trinajstić information content (AvgIpc) is 2.31. The Hall–Kier alpha value is -1.10. The van der Waals surface area contributed by atoms with E-state index in [1.165, 1.54) is 0 Å². The van der Waals surface area contributed by atoms with Gasteiger partial charge in [-0.3, -0.25) is 0 Å². The fourth-order valence-electron chi connectivity index (χ4n) is 1.82. The highest BCUT2D eigenvalue weighted by atomic mass is 16.2. The molecule has 1 aliphatic rings. The first-order valence-corrected chi connectivity index (χ1v) is 5.77. The molecule has 0 aromatic carbocycles. The van der Waals surface area contributed by atoms with Crippen LogP contribution >= 0.6 is 0 Å². The lowest BCUT2D eigenvalue weighted by Gasteiger charge is -2.37. The fourth-order valence-corrected chi connectivity index (χ4v) is 1.82. The van der Waals surface area contributed by atoms with Crippen LogP contribution in [0, 0.1) is 0 Å². The van der Waals surface area contributed by atoms with E-state index < -0.39 is 5.54 Å². The van der Waals surface area contributed by atoms with Gasteiger partial charge in [-0.1, -0.05) is 13.8 Å². The van der Waals surface area contributed by atoms with E-state index in [4.69, 9.17) is 0 Å². The molecule has 1 aliphatic heterocycles. The summed E-state index contributed by atoms with van der Waals surface area (Å²) in [6, 6.07) is -0.299. The summed E-state index contributed by atoms with van der Waals surface area (Å²) in [7, 11) is 3.49. The predicted molar refractivity (Wildman–Crippen MR) is 64.5 cm³/mol. The summed E-state index contributed by atoms with van der Waals surface area (Å²) in [6.07, 6.45) is 2.49. The zero-order valence-corrected chi connectivity index (χ0v) is 10.7. The monoisotopic (exact) mass is 229 g/mol. The molecular weight excluding hydrogens is 206 g/mol. The average molecular weight is 229 g/mol. The minimum absolute atomic E-state index is 0.299. The lowest BCUT2D eigenvalue weighted by molar-refractivity contribution is -0.114. The van der Waals surface area contributed by atoms with Gasteiger partial charge in [0.15, 0.2) is 0 Å². The highest BCUT2D eigenvalue weighted by Crippen LogP contribution is 2.17. The van der Waals surface area contributed by atoms with Crippen molar-refractivity contribution in [2.75, 3.05) is 27.2 Å². The number of carbonyl (C=O) groups excluding carboxylic acids is 2. The van der Waals surface area contributed by atoms with E-state index in [0.717, 1.165) is 19.3 Å². The zero-order valence-electron chi connectivity index (χ0n) is 10.7. The minimum atomic E-state index is -0.701. The number of rotatable bonds is 2. The standard InChI is InChI=1S/C9H17N3O2.C2H6/c1-10-8(14)11-9(7-13)4-3-5-12(2)6-9;1-2/h7H,3-6H2,1-2H3,(H2,10,11,14);1-2H3. The second-order valence-electron chi connectivity index (χ2n) is 3.82. The van der Waals surface area contributed by atoms with Crippen molar-refractivity contribution in [3.05, 3.63) is 0 Å². The molecule has 5 heteroatoms. The molecule has 0 saturated carbocycles. The quantitative estimate of drug-likeness (QED) is 0.682. The number of aldehydes is 1. The normalized spacial score (nSPS) is 25.0.